The Kier molecular flexibility index (Phi) is 10.8. The van der Waals surface area contributed by atoms with E-state index >= 15 is 0 Å². The van der Waals surface area contributed by atoms with Gasteiger partial charge in [-0.05, 0) is 85.4 Å². The van der Waals surface area contributed by atoms with E-state index in [4.69, 9.17) is 9.90 Å². The average Bonchev–Trinajstić information content (AvgIpc) is 3.50. The van der Waals surface area contributed by atoms with Crippen molar-refractivity contribution in [2.24, 2.45) is 17.3 Å². The van der Waals surface area contributed by atoms with Crippen LogP contribution in [0.25, 0.3) is 0 Å². The van der Waals surface area contributed by atoms with Crippen molar-refractivity contribution in [3.63, 3.8) is 0 Å². The highest BCUT2D eigenvalue weighted by Crippen LogP contribution is 2.61. The zero-order chi connectivity index (χ0) is 39.2. The summed E-state index contributed by atoms with van der Waals surface area (Å²) in [6.45, 7) is -0.394. The van der Waals surface area contributed by atoms with Crippen LogP contribution in [0.5, 0.6) is 0 Å². The number of benzene rings is 3. The molecule has 2 aliphatic carbocycles. The summed E-state index contributed by atoms with van der Waals surface area (Å²) in [6, 6.07) is 8.34. The molecule has 0 bridgehead atoms. The standard InChI is InChI=1S/C35H32F9NO4S.CH2O2/c1-21-15-31(16-21)17-22(18-31)30(46)45-14-13-32(20-45,50(47,48)26-11-9-25(36)10-12-26)23-5-7-24(8-6-23)33(34(39,40)41,35(42,43)44)49-19-27-28(37)3-2-4-29(27)38;2-1-3/h2-12,21-22H,13-20H2,1H3;1H,(H,2,3)/t21?,22?,31?,32-;/m0./s1. The highest BCUT2D eigenvalue weighted by molar-refractivity contribution is 7.92. The number of likely N-dealkylation sites (tertiary alicyclic amines) is 1. The molecule has 0 radical (unpaired) electrons. The van der Waals surface area contributed by atoms with Crippen molar-refractivity contribution in [3.05, 3.63) is 101 Å². The Morgan fingerprint density at radius 2 is 1.42 bits per heavy atom. The minimum Gasteiger partial charge on any atom is -0.483 e. The quantitative estimate of drug-likeness (QED) is 0.141. The average molecular weight is 780 g/mol. The van der Waals surface area contributed by atoms with Gasteiger partial charge in [0.05, 0.1) is 11.5 Å². The van der Waals surface area contributed by atoms with Crippen molar-refractivity contribution >= 4 is 22.2 Å². The van der Waals surface area contributed by atoms with Crippen molar-refractivity contribution in [2.75, 3.05) is 13.1 Å². The van der Waals surface area contributed by atoms with E-state index in [2.05, 4.69) is 11.7 Å². The number of rotatable bonds is 8. The molecular weight excluding hydrogens is 745 g/mol. The highest BCUT2D eigenvalue weighted by Gasteiger charge is 2.73. The SMILES string of the molecule is CC1CC2(C1)CC(C(=O)N1CC[C@](c3ccc(C(OCc4c(F)cccc4F)(C(F)(F)F)C(F)(F)F)cc3)(S(=O)(=O)c3ccc(F)cc3)C1)C2.O=CO. The molecular formula is C36H34F9NO6S. The molecule has 3 aliphatic rings. The van der Waals surface area contributed by atoms with Crippen LogP contribution >= 0.6 is 0 Å². The van der Waals surface area contributed by atoms with Crippen LogP contribution in [0.2, 0.25) is 0 Å². The van der Waals surface area contributed by atoms with Gasteiger partial charge in [-0.25, -0.2) is 21.6 Å². The molecule has 0 aromatic heterocycles. The van der Waals surface area contributed by atoms with Crippen molar-refractivity contribution in [3.8, 4) is 0 Å². The smallest absolute Gasteiger partial charge is 0.430 e. The van der Waals surface area contributed by atoms with Crippen LogP contribution in [0.3, 0.4) is 0 Å². The third-order valence-electron chi connectivity index (χ3n) is 10.6. The molecule has 1 aliphatic heterocycles. The number of halogens is 9. The summed E-state index contributed by atoms with van der Waals surface area (Å²) >= 11 is 0. The maximum absolute atomic E-state index is 14.5. The number of carboxylic acid groups (broad SMARTS) is 1. The van der Waals surface area contributed by atoms with E-state index in [9.17, 15) is 52.7 Å². The molecule has 6 rings (SSSR count). The van der Waals surface area contributed by atoms with Crippen molar-refractivity contribution < 1.29 is 67.4 Å². The van der Waals surface area contributed by atoms with Crippen molar-refractivity contribution in [2.45, 2.75) is 73.2 Å². The van der Waals surface area contributed by atoms with Gasteiger partial charge >= 0.3 is 12.4 Å². The molecule has 0 unspecified atom stereocenters. The number of amides is 1. The fourth-order valence-electron chi connectivity index (χ4n) is 8.18. The lowest BCUT2D eigenvalue weighted by Gasteiger charge is -2.57. The molecule has 3 aromatic rings. The van der Waals surface area contributed by atoms with Gasteiger partial charge in [0, 0.05) is 30.1 Å². The fourth-order valence-corrected chi connectivity index (χ4v) is 10.3. The minimum absolute atomic E-state index is 0.0622. The van der Waals surface area contributed by atoms with Gasteiger partial charge in [-0.1, -0.05) is 37.3 Å². The summed E-state index contributed by atoms with van der Waals surface area (Å²) in [4.78, 5) is 22.9. The number of alkyl halides is 6. The number of hydrogen-bond acceptors (Lipinski definition) is 5. The molecule has 1 amide bonds. The summed E-state index contributed by atoms with van der Waals surface area (Å²) in [6.07, 6.45) is -9.40. The lowest BCUT2D eigenvalue weighted by molar-refractivity contribution is -0.392. The molecule has 53 heavy (non-hydrogen) atoms. The predicted octanol–water partition coefficient (Wildman–Crippen LogP) is 8.07. The van der Waals surface area contributed by atoms with Gasteiger partial charge in [-0.15, -0.1) is 0 Å². The zero-order valence-corrected chi connectivity index (χ0v) is 28.8. The monoisotopic (exact) mass is 779 g/mol. The Bertz CT molecular complexity index is 1890. The van der Waals surface area contributed by atoms with E-state index in [0.29, 0.717) is 43.0 Å². The number of carbonyl (C=O) groups is 2. The first-order chi connectivity index (χ1) is 24.7. The number of ether oxygens (including phenoxy) is 1. The van der Waals surface area contributed by atoms with Gasteiger partial charge in [0.15, 0.2) is 9.84 Å². The summed E-state index contributed by atoms with van der Waals surface area (Å²) in [7, 11) is -4.56. The molecule has 1 heterocycles. The third kappa shape index (κ3) is 7.01. The van der Waals surface area contributed by atoms with Gasteiger partial charge < -0.3 is 14.7 Å². The highest BCUT2D eigenvalue weighted by atomic mass is 32.2. The maximum atomic E-state index is 14.5. The van der Waals surface area contributed by atoms with Gasteiger partial charge in [0.2, 0.25) is 5.91 Å². The molecule has 1 spiro atoms. The molecule has 3 aromatic carbocycles. The number of hydrogen-bond donors (Lipinski definition) is 1. The summed E-state index contributed by atoms with van der Waals surface area (Å²) in [5, 5.41) is 6.89. The Labute approximate surface area is 298 Å². The lowest BCUT2D eigenvalue weighted by Crippen LogP contribution is -2.56. The number of carbonyl (C=O) groups excluding carboxylic acids is 1. The van der Waals surface area contributed by atoms with Crippen LogP contribution in [-0.2, 0) is 41.1 Å². The molecule has 2 saturated carbocycles. The number of nitrogens with zero attached hydrogens (tertiary/aromatic N) is 1. The van der Waals surface area contributed by atoms with E-state index < -0.39 is 74.3 Å². The Hall–Kier alpha value is -4.12. The van der Waals surface area contributed by atoms with Crippen LogP contribution in [0, 0.1) is 34.7 Å². The summed E-state index contributed by atoms with van der Waals surface area (Å²) in [5.74, 6) is -3.68. The van der Waals surface area contributed by atoms with Gasteiger partial charge in [0.25, 0.3) is 12.1 Å². The van der Waals surface area contributed by atoms with Gasteiger partial charge in [0.1, 0.15) is 22.2 Å². The van der Waals surface area contributed by atoms with Crippen LogP contribution in [-0.4, -0.2) is 56.2 Å². The molecule has 288 valence electrons. The Morgan fingerprint density at radius 3 is 1.91 bits per heavy atom. The first kappa shape index (κ1) is 40.1. The first-order valence-electron chi connectivity index (χ1n) is 16.3. The second-order valence-corrected chi connectivity index (χ2v) is 16.2. The van der Waals surface area contributed by atoms with Crippen LogP contribution in [0.15, 0.2) is 71.6 Å². The van der Waals surface area contributed by atoms with Crippen LogP contribution in [0.4, 0.5) is 39.5 Å². The van der Waals surface area contributed by atoms with Crippen LogP contribution in [0.1, 0.15) is 55.7 Å². The Morgan fingerprint density at radius 1 is 0.887 bits per heavy atom. The molecule has 3 fully saturated rings. The predicted molar refractivity (Wildman–Crippen MR) is 170 cm³/mol. The minimum atomic E-state index is -6.21. The van der Waals surface area contributed by atoms with E-state index in [-0.39, 0.29) is 47.1 Å². The molecule has 17 heteroatoms. The van der Waals surface area contributed by atoms with Crippen molar-refractivity contribution in [1.29, 1.82) is 0 Å². The second kappa shape index (κ2) is 14.3. The fraction of sp³-hybridized carbons (Fsp3) is 0.444. The topological polar surface area (TPSA) is 101 Å². The van der Waals surface area contributed by atoms with Gasteiger partial charge in [-0.3, -0.25) is 9.59 Å². The van der Waals surface area contributed by atoms with E-state index in [1.54, 1.807) is 0 Å². The second-order valence-electron chi connectivity index (χ2n) is 13.9. The van der Waals surface area contributed by atoms with Gasteiger partial charge in [-0.2, -0.15) is 26.3 Å². The zero-order valence-electron chi connectivity index (χ0n) is 28.0. The van der Waals surface area contributed by atoms with Crippen LogP contribution < -0.4 is 0 Å². The normalized spacial score (nSPS) is 24.5. The van der Waals surface area contributed by atoms with Crippen molar-refractivity contribution in [1.82, 2.24) is 4.90 Å². The van der Waals surface area contributed by atoms with E-state index in [1.165, 1.54) is 4.90 Å². The lowest BCUT2D eigenvalue weighted by atomic mass is 9.48. The summed E-state index contributed by atoms with van der Waals surface area (Å²) in [5.41, 5.74) is -7.88. The van der Waals surface area contributed by atoms with E-state index in [1.807, 2.05) is 0 Å². The number of sulfone groups is 1. The Balaban J connectivity index is 0.00000175. The summed E-state index contributed by atoms with van der Waals surface area (Å²) < 4.78 is 160. The molecule has 1 saturated heterocycles. The molecule has 1 N–H and O–H groups in total. The third-order valence-corrected chi connectivity index (χ3v) is 13.1. The molecule has 7 nitrogen and oxygen atoms in total. The first-order valence-corrected chi connectivity index (χ1v) is 17.8. The maximum Gasteiger partial charge on any atom is 0.430 e. The van der Waals surface area contributed by atoms with E-state index in [0.717, 1.165) is 55.3 Å². The molecule has 1 atom stereocenters. The largest absolute Gasteiger partial charge is 0.483 e.